The first-order chi connectivity index (χ1) is 8.15. The highest BCUT2D eigenvalue weighted by Crippen LogP contribution is 2.19. The molecule has 0 aliphatic heterocycles. The van der Waals surface area contributed by atoms with Gasteiger partial charge in [0.2, 0.25) is 0 Å². The van der Waals surface area contributed by atoms with Gasteiger partial charge in [-0.25, -0.2) is 0 Å². The zero-order valence-electron chi connectivity index (χ0n) is 10.5. The molecule has 3 nitrogen and oxygen atoms in total. The molecule has 0 radical (unpaired) electrons. The zero-order valence-corrected chi connectivity index (χ0v) is 10.5. The Balaban J connectivity index is 3.25. The minimum absolute atomic E-state index is 0.173. The Morgan fingerprint density at radius 2 is 2.06 bits per heavy atom. The molecule has 1 aromatic carbocycles. The van der Waals surface area contributed by atoms with Crippen LogP contribution in [0.15, 0.2) is 12.1 Å². The van der Waals surface area contributed by atoms with Gasteiger partial charge in [-0.1, -0.05) is 19.9 Å². The summed E-state index contributed by atoms with van der Waals surface area (Å²) in [5, 5.41) is 9.14. The number of ether oxygens (including phenoxy) is 1. The van der Waals surface area contributed by atoms with Crippen LogP contribution in [-0.4, -0.2) is 13.1 Å². The number of nitrogens with zero attached hydrogens (tertiary/aromatic N) is 1. The van der Waals surface area contributed by atoms with Crippen LogP contribution in [0.3, 0.4) is 0 Å². The maximum absolute atomic E-state index is 11.3. The molecule has 0 N–H and O–H groups in total. The molecule has 90 valence electrons. The zero-order chi connectivity index (χ0) is 12.8. The number of carbonyl (C=O) groups is 1. The van der Waals surface area contributed by atoms with Gasteiger partial charge in [0.1, 0.15) is 0 Å². The van der Waals surface area contributed by atoms with Crippen molar-refractivity contribution in [3.05, 3.63) is 34.4 Å². The van der Waals surface area contributed by atoms with E-state index >= 15 is 0 Å². The van der Waals surface area contributed by atoms with Crippen molar-refractivity contribution in [1.82, 2.24) is 0 Å². The lowest BCUT2D eigenvalue weighted by Gasteiger charge is -2.11. The van der Waals surface area contributed by atoms with Gasteiger partial charge < -0.3 is 4.74 Å². The summed E-state index contributed by atoms with van der Waals surface area (Å²) in [6.07, 6.45) is 1.88. The van der Waals surface area contributed by atoms with Crippen LogP contribution in [0.1, 0.15) is 36.1 Å². The molecule has 0 unspecified atom stereocenters. The minimum atomic E-state index is -0.305. The molecule has 17 heavy (non-hydrogen) atoms. The topological polar surface area (TPSA) is 50.1 Å². The van der Waals surface area contributed by atoms with Gasteiger partial charge in [0.25, 0.3) is 0 Å². The quantitative estimate of drug-likeness (QED) is 0.748. The third kappa shape index (κ3) is 3.07. The fraction of sp³-hybridized carbons (Fsp3) is 0.429. The summed E-state index contributed by atoms with van der Waals surface area (Å²) in [5.74, 6) is -0.305. The van der Waals surface area contributed by atoms with Crippen LogP contribution in [0.5, 0.6) is 0 Å². The number of carbonyl (C=O) groups excluding carboxylic acids is 1. The van der Waals surface area contributed by atoms with Crippen molar-refractivity contribution in [2.24, 2.45) is 0 Å². The highest BCUT2D eigenvalue weighted by Gasteiger charge is 2.13. The summed E-state index contributed by atoms with van der Waals surface area (Å²) in [6.45, 7) is 4.08. The molecule has 3 heteroatoms. The first kappa shape index (κ1) is 13.2. The summed E-state index contributed by atoms with van der Waals surface area (Å²) in [6, 6.07) is 6.09. The van der Waals surface area contributed by atoms with Gasteiger partial charge in [-0.05, 0) is 35.6 Å². The van der Waals surface area contributed by atoms with Crippen molar-refractivity contribution in [1.29, 1.82) is 5.26 Å². The van der Waals surface area contributed by atoms with Gasteiger partial charge in [0.15, 0.2) is 0 Å². The van der Waals surface area contributed by atoms with Crippen LogP contribution in [0, 0.1) is 11.3 Å². The van der Waals surface area contributed by atoms with Crippen molar-refractivity contribution in [2.75, 3.05) is 7.11 Å². The van der Waals surface area contributed by atoms with Crippen LogP contribution in [0.4, 0.5) is 0 Å². The maximum atomic E-state index is 11.3. The van der Waals surface area contributed by atoms with E-state index in [0.717, 1.165) is 29.5 Å². The molecule has 0 aliphatic rings. The monoisotopic (exact) mass is 231 g/mol. The van der Waals surface area contributed by atoms with E-state index in [2.05, 4.69) is 23.8 Å². The molecule has 0 aliphatic carbocycles. The number of hydrogen-bond acceptors (Lipinski definition) is 3. The third-order valence-corrected chi connectivity index (χ3v) is 2.86. The number of aryl methyl sites for hydroxylation is 2. The van der Waals surface area contributed by atoms with Crippen molar-refractivity contribution in [3.63, 3.8) is 0 Å². The number of rotatable bonds is 4. The van der Waals surface area contributed by atoms with Crippen LogP contribution in [0.2, 0.25) is 0 Å². The van der Waals surface area contributed by atoms with Crippen LogP contribution in [-0.2, 0) is 28.8 Å². The average molecular weight is 231 g/mol. The molecule has 0 bridgehead atoms. The van der Waals surface area contributed by atoms with E-state index in [1.165, 1.54) is 7.11 Å². The fourth-order valence-electron chi connectivity index (χ4n) is 1.84. The van der Waals surface area contributed by atoms with Gasteiger partial charge in [0.05, 0.1) is 25.2 Å². The Labute approximate surface area is 102 Å². The summed E-state index contributed by atoms with van der Waals surface area (Å²) in [7, 11) is 1.36. The number of nitriles is 1. The lowest BCUT2D eigenvalue weighted by Crippen LogP contribution is -2.09. The second kappa shape index (κ2) is 6.05. The Kier molecular flexibility index (Phi) is 4.71. The average Bonchev–Trinajstić information content (AvgIpc) is 2.38. The Morgan fingerprint density at radius 1 is 1.35 bits per heavy atom. The molecule has 0 spiro atoms. The minimum Gasteiger partial charge on any atom is -0.469 e. The molecule has 0 aromatic heterocycles. The molecule has 1 aromatic rings. The molecule has 1 rings (SSSR count). The van der Waals surface area contributed by atoms with Crippen molar-refractivity contribution >= 4 is 5.97 Å². The lowest BCUT2D eigenvalue weighted by atomic mass is 9.93. The standard InChI is InChI=1S/C14H17NO2/c1-4-10-6-11(5-2)13(8-14(16)17-3)12(7-10)9-15/h6-7H,4-5,8H2,1-3H3. The molecule has 0 atom stereocenters. The van der Waals surface area contributed by atoms with E-state index in [-0.39, 0.29) is 12.4 Å². The van der Waals surface area contributed by atoms with Crippen LogP contribution < -0.4 is 0 Å². The SMILES string of the molecule is CCc1cc(C#N)c(CC(=O)OC)c(CC)c1. The number of methoxy groups -OCH3 is 1. The van der Waals surface area contributed by atoms with Gasteiger partial charge in [-0.2, -0.15) is 5.26 Å². The van der Waals surface area contributed by atoms with Crippen LogP contribution in [0.25, 0.3) is 0 Å². The van der Waals surface area contributed by atoms with E-state index in [1.54, 1.807) is 0 Å². The van der Waals surface area contributed by atoms with Gasteiger partial charge in [-0.3, -0.25) is 4.79 Å². The number of benzene rings is 1. The largest absolute Gasteiger partial charge is 0.469 e. The van der Waals surface area contributed by atoms with Gasteiger partial charge >= 0.3 is 5.97 Å². The summed E-state index contributed by atoms with van der Waals surface area (Å²) in [5.41, 5.74) is 3.59. The molecular weight excluding hydrogens is 214 g/mol. The summed E-state index contributed by atoms with van der Waals surface area (Å²) >= 11 is 0. The maximum Gasteiger partial charge on any atom is 0.310 e. The van der Waals surface area contributed by atoms with Gasteiger partial charge in [-0.15, -0.1) is 0 Å². The van der Waals surface area contributed by atoms with Crippen LogP contribution >= 0.6 is 0 Å². The number of esters is 1. The molecule has 0 heterocycles. The third-order valence-electron chi connectivity index (χ3n) is 2.86. The molecule has 0 saturated carbocycles. The van der Waals surface area contributed by atoms with E-state index in [0.29, 0.717) is 5.56 Å². The second-order valence-corrected chi connectivity index (χ2v) is 3.85. The highest BCUT2D eigenvalue weighted by molar-refractivity contribution is 5.74. The fourth-order valence-corrected chi connectivity index (χ4v) is 1.84. The van der Waals surface area contributed by atoms with Crippen molar-refractivity contribution in [2.45, 2.75) is 33.1 Å². The van der Waals surface area contributed by atoms with E-state index in [1.807, 2.05) is 13.0 Å². The summed E-state index contributed by atoms with van der Waals surface area (Å²) < 4.78 is 4.66. The van der Waals surface area contributed by atoms with E-state index in [4.69, 9.17) is 5.26 Å². The van der Waals surface area contributed by atoms with Gasteiger partial charge in [0, 0.05) is 0 Å². The lowest BCUT2D eigenvalue weighted by molar-refractivity contribution is -0.139. The highest BCUT2D eigenvalue weighted by atomic mass is 16.5. The van der Waals surface area contributed by atoms with E-state index < -0.39 is 0 Å². The normalized spacial score (nSPS) is 9.76. The van der Waals surface area contributed by atoms with E-state index in [9.17, 15) is 4.79 Å². The predicted molar refractivity (Wildman–Crippen MR) is 65.6 cm³/mol. The molecular formula is C14H17NO2. The molecule has 0 saturated heterocycles. The Hall–Kier alpha value is -1.82. The predicted octanol–water partition coefficient (Wildman–Crippen LogP) is 2.40. The first-order valence-corrected chi connectivity index (χ1v) is 5.77. The molecule has 0 fully saturated rings. The smallest absolute Gasteiger partial charge is 0.310 e. The Bertz CT molecular complexity index is 458. The number of hydrogen-bond donors (Lipinski definition) is 0. The summed E-state index contributed by atoms with van der Waals surface area (Å²) in [4.78, 5) is 11.3. The first-order valence-electron chi connectivity index (χ1n) is 5.77. The van der Waals surface area contributed by atoms with Crippen molar-refractivity contribution < 1.29 is 9.53 Å². The molecule has 0 amide bonds. The Morgan fingerprint density at radius 3 is 2.53 bits per heavy atom. The second-order valence-electron chi connectivity index (χ2n) is 3.85. The van der Waals surface area contributed by atoms with Crippen molar-refractivity contribution in [3.8, 4) is 6.07 Å².